The molecule has 0 bridgehead atoms. The smallest absolute Gasteiger partial charge is 0.289 e. The highest BCUT2D eigenvalue weighted by molar-refractivity contribution is 6.03. The van der Waals surface area contributed by atoms with Gasteiger partial charge in [0.2, 0.25) is 0 Å². The third-order valence-corrected chi connectivity index (χ3v) is 5.74. The van der Waals surface area contributed by atoms with Gasteiger partial charge in [-0.25, -0.2) is 4.98 Å². The highest BCUT2D eigenvalue weighted by Gasteiger charge is 2.38. The number of carbonyl (C=O) groups is 2. The molecule has 1 amide bonds. The Hall–Kier alpha value is -3.14. The van der Waals surface area contributed by atoms with Crippen LogP contribution in [0.5, 0.6) is 0 Å². The van der Waals surface area contributed by atoms with Crippen molar-refractivity contribution in [3.8, 4) is 6.07 Å². The number of nitrogens with zero attached hydrogens (tertiary/aromatic N) is 4. The first-order valence-corrected chi connectivity index (χ1v) is 9.85. The lowest BCUT2D eigenvalue weighted by Crippen LogP contribution is -2.49. The van der Waals surface area contributed by atoms with Gasteiger partial charge in [0.05, 0.1) is 11.1 Å². The second kappa shape index (κ2) is 7.03. The van der Waals surface area contributed by atoms with E-state index in [0.29, 0.717) is 67.3 Å². The van der Waals surface area contributed by atoms with Gasteiger partial charge in [-0.3, -0.25) is 9.59 Å². The first-order chi connectivity index (χ1) is 13.8. The fourth-order valence-electron chi connectivity index (χ4n) is 4.29. The molecule has 1 aliphatic heterocycles. The summed E-state index contributed by atoms with van der Waals surface area (Å²) in [5.41, 5.74) is 1.63. The number of ketones is 1. The van der Waals surface area contributed by atoms with Crippen molar-refractivity contribution in [2.75, 3.05) is 31.1 Å². The monoisotopic (exact) mass is 392 g/mol. The molecule has 0 radical (unpaired) electrons. The van der Waals surface area contributed by atoms with E-state index in [0.717, 1.165) is 0 Å². The molecule has 3 heterocycles. The topological polar surface area (TPSA) is 90.4 Å². The number of carbonyl (C=O) groups excluding carboxylic acids is 2. The number of rotatable bonds is 2. The molecule has 2 aromatic heterocycles. The molecule has 150 valence electrons. The summed E-state index contributed by atoms with van der Waals surface area (Å²) in [5.74, 6) is 1.45. The zero-order chi connectivity index (χ0) is 20.8. The lowest BCUT2D eigenvalue weighted by molar-refractivity contribution is 0.0708. The number of piperazine rings is 1. The molecule has 1 aliphatic carbocycles. The van der Waals surface area contributed by atoms with Gasteiger partial charge in [0.25, 0.3) is 5.91 Å². The minimum Gasteiger partial charge on any atom is -0.455 e. The second-order valence-corrected chi connectivity index (χ2v) is 8.56. The summed E-state index contributed by atoms with van der Waals surface area (Å²) in [6.07, 6.45) is 2.80. The quantitative estimate of drug-likeness (QED) is 0.780. The number of pyridine rings is 1. The van der Waals surface area contributed by atoms with E-state index in [4.69, 9.17) is 4.42 Å². The largest absolute Gasteiger partial charge is 0.455 e. The molecule has 2 aromatic rings. The van der Waals surface area contributed by atoms with Crippen molar-refractivity contribution in [3.05, 3.63) is 46.5 Å². The van der Waals surface area contributed by atoms with Crippen LogP contribution in [0.4, 0.5) is 5.82 Å². The molecule has 4 rings (SSSR count). The average molecular weight is 392 g/mol. The van der Waals surface area contributed by atoms with Gasteiger partial charge in [0.1, 0.15) is 17.6 Å². The van der Waals surface area contributed by atoms with Gasteiger partial charge in [-0.15, -0.1) is 0 Å². The van der Waals surface area contributed by atoms with E-state index in [1.54, 1.807) is 30.2 Å². The van der Waals surface area contributed by atoms with Gasteiger partial charge in [-0.2, -0.15) is 5.26 Å². The molecule has 0 unspecified atom stereocenters. The van der Waals surface area contributed by atoms with Gasteiger partial charge < -0.3 is 14.2 Å². The van der Waals surface area contributed by atoms with Gasteiger partial charge in [-0.05, 0) is 24.5 Å². The maximum Gasteiger partial charge on any atom is 0.289 e. The van der Waals surface area contributed by atoms with Crippen molar-refractivity contribution in [3.63, 3.8) is 0 Å². The van der Waals surface area contributed by atoms with E-state index >= 15 is 0 Å². The fourth-order valence-corrected chi connectivity index (χ4v) is 4.29. The van der Waals surface area contributed by atoms with Gasteiger partial charge in [0.15, 0.2) is 11.5 Å². The molecule has 0 spiro atoms. The van der Waals surface area contributed by atoms with Gasteiger partial charge >= 0.3 is 0 Å². The summed E-state index contributed by atoms with van der Waals surface area (Å²) < 4.78 is 5.92. The lowest BCUT2D eigenvalue weighted by atomic mass is 9.76. The van der Waals surface area contributed by atoms with Gasteiger partial charge in [0, 0.05) is 50.8 Å². The van der Waals surface area contributed by atoms with E-state index < -0.39 is 0 Å². The van der Waals surface area contributed by atoms with Gasteiger partial charge in [-0.1, -0.05) is 13.8 Å². The molecule has 0 atom stereocenters. The maximum absolute atomic E-state index is 13.1. The number of aromatic nitrogens is 1. The molecule has 29 heavy (non-hydrogen) atoms. The minimum atomic E-state index is -0.177. The molecule has 7 nitrogen and oxygen atoms in total. The highest BCUT2D eigenvalue weighted by atomic mass is 16.4. The summed E-state index contributed by atoms with van der Waals surface area (Å²) in [6.45, 7) is 8.06. The number of anilines is 1. The van der Waals surface area contributed by atoms with Crippen LogP contribution in [0, 0.1) is 23.7 Å². The van der Waals surface area contributed by atoms with Crippen molar-refractivity contribution in [2.24, 2.45) is 5.41 Å². The summed E-state index contributed by atoms with van der Waals surface area (Å²) in [6, 6.07) is 5.65. The Morgan fingerprint density at radius 1 is 1.24 bits per heavy atom. The van der Waals surface area contributed by atoms with Crippen molar-refractivity contribution in [2.45, 2.75) is 33.6 Å². The number of Topliss-reactive ketones (excluding diaryl/α,β-unsaturated/α-hetero) is 1. The number of fused-ring (bicyclic) bond motifs is 1. The lowest BCUT2D eigenvalue weighted by Gasteiger charge is -2.35. The van der Waals surface area contributed by atoms with Crippen LogP contribution in [0.1, 0.15) is 58.1 Å². The second-order valence-electron chi connectivity index (χ2n) is 8.56. The molecule has 0 saturated carbocycles. The van der Waals surface area contributed by atoms with E-state index in [1.807, 2.05) is 18.7 Å². The third-order valence-electron chi connectivity index (χ3n) is 5.74. The molecule has 1 fully saturated rings. The van der Waals surface area contributed by atoms with Crippen molar-refractivity contribution < 1.29 is 14.0 Å². The summed E-state index contributed by atoms with van der Waals surface area (Å²) >= 11 is 0. The normalized spacial score (nSPS) is 18.3. The summed E-state index contributed by atoms with van der Waals surface area (Å²) in [4.78, 5) is 33.8. The Kier molecular flexibility index (Phi) is 4.65. The van der Waals surface area contributed by atoms with Crippen LogP contribution in [0.25, 0.3) is 0 Å². The number of hydrogen-bond acceptors (Lipinski definition) is 6. The van der Waals surface area contributed by atoms with Crippen molar-refractivity contribution in [1.82, 2.24) is 9.88 Å². The van der Waals surface area contributed by atoms with E-state index in [9.17, 15) is 14.9 Å². The highest BCUT2D eigenvalue weighted by Crippen LogP contribution is 2.38. The predicted octanol–water partition coefficient (Wildman–Crippen LogP) is 2.97. The summed E-state index contributed by atoms with van der Waals surface area (Å²) in [7, 11) is 0. The molecular formula is C22H24N4O3. The number of amides is 1. The zero-order valence-electron chi connectivity index (χ0n) is 17.0. The number of furan rings is 1. The fraction of sp³-hybridized carbons (Fsp3) is 0.455. The minimum absolute atomic E-state index is 0.0561. The molecule has 2 aliphatic rings. The van der Waals surface area contributed by atoms with Crippen LogP contribution < -0.4 is 4.90 Å². The van der Waals surface area contributed by atoms with Crippen molar-refractivity contribution >= 4 is 17.5 Å². The Morgan fingerprint density at radius 2 is 1.97 bits per heavy atom. The first-order valence-electron chi connectivity index (χ1n) is 9.85. The Balaban J connectivity index is 1.51. The van der Waals surface area contributed by atoms with E-state index in [-0.39, 0.29) is 22.9 Å². The summed E-state index contributed by atoms with van der Waals surface area (Å²) in [5, 5.41) is 9.29. The number of hydrogen-bond donors (Lipinski definition) is 0. The average Bonchev–Trinajstić information content (AvgIpc) is 3.02. The zero-order valence-corrected chi connectivity index (χ0v) is 17.0. The standard InChI is InChI=1S/C22H24N4O3/c1-14-18-16(27)11-22(2,3)12-17(18)29-19(14)21(28)26-9-7-25(8-10-26)20-15(13-23)5-4-6-24-20/h4-6H,7-12H2,1-3H3. The van der Waals surface area contributed by atoms with Crippen LogP contribution in [0.2, 0.25) is 0 Å². The van der Waals surface area contributed by atoms with Crippen LogP contribution in [-0.4, -0.2) is 47.8 Å². The van der Waals surface area contributed by atoms with E-state index in [2.05, 4.69) is 11.1 Å². The molecule has 0 aromatic carbocycles. The first kappa shape index (κ1) is 19.2. The van der Waals surface area contributed by atoms with E-state index in [1.165, 1.54) is 0 Å². The Morgan fingerprint density at radius 3 is 2.66 bits per heavy atom. The van der Waals surface area contributed by atoms with Crippen LogP contribution in [-0.2, 0) is 6.42 Å². The van der Waals surface area contributed by atoms with Crippen LogP contribution >= 0.6 is 0 Å². The Bertz CT molecular complexity index is 1020. The molecule has 1 saturated heterocycles. The molecule has 0 N–H and O–H groups in total. The van der Waals surface area contributed by atoms with Crippen LogP contribution in [0.3, 0.4) is 0 Å². The SMILES string of the molecule is Cc1c(C(=O)N2CCN(c3ncccc3C#N)CC2)oc2c1C(=O)CC(C)(C)C2. The van der Waals surface area contributed by atoms with Crippen molar-refractivity contribution in [1.29, 1.82) is 5.26 Å². The third kappa shape index (κ3) is 3.39. The Labute approximate surface area is 169 Å². The molecular weight excluding hydrogens is 368 g/mol. The predicted molar refractivity (Wildman–Crippen MR) is 107 cm³/mol. The molecule has 7 heteroatoms. The van der Waals surface area contributed by atoms with Crippen LogP contribution in [0.15, 0.2) is 22.7 Å². The maximum atomic E-state index is 13.1. The number of nitriles is 1.